The van der Waals surface area contributed by atoms with Gasteiger partial charge in [0.15, 0.2) is 0 Å². The molecule has 2 unspecified atom stereocenters. The van der Waals surface area contributed by atoms with Crippen LogP contribution in [0.1, 0.15) is 127 Å². The minimum absolute atomic E-state index is 0. The number of hydrogen-bond acceptors (Lipinski definition) is 9. The third-order valence-corrected chi connectivity index (χ3v) is 16.4. The maximum absolute atomic E-state index is 15.0. The van der Waals surface area contributed by atoms with Crippen LogP contribution in [0.2, 0.25) is 0 Å². The molecule has 5 heterocycles. The lowest BCUT2D eigenvalue weighted by atomic mass is 9.86. The number of piperidine rings is 2. The quantitative estimate of drug-likeness (QED) is 0.168. The standard InChI is InChI=1S/C41H54FN7O4.C16H20N2O2.H2S/c1-29-26-46(17-22-49(29)38(50)25-30-7-3-2-4-8-30)27-31-13-15-45(16-14-31)28-39(51)47-18-20-48(21-19-47)41(53)35-23-32(11-12-36(35)42)24-37-33-9-5-6-10-34(33)40(52)44-43-37;17-15(19)13-4-1-3-12(9-13)14-5-2-8-18(10-14)16(20)11-6-7-11;/h5-6,9-12,23,29-31H,2-4,7-8,13-22,24-28H2,1H3,(H,44,52);1,3-4,9,11,14H,2,5-8,10H2,(H2,17,19);1H2. The van der Waals surface area contributed by atoms with Crippen LogP contribution >= 0.6 is 13.5 Å². The monoisotopic (exact) mass is 1030 g/mol. The van der Waals surface area contributed by atoms with E-state index in [1.165, 1.54) is 38.2 Å². The summed E-state index contributed by atoms with van der Waals surface area (Å²) >= 11 is 0. The van der Waals surface area contributed by atoms with E-state index in [1.807, 2.05) is 40.1 Å². The molecule has 4 aliphatic heterocycles. The van der Waals surface area contributed by atoms with Gasteiger partial charge in [0.05, 0.1) is 23.2 Å². The van der Waals surface area contributed by atoms with Crippen molar-refractivity contribution in [2.45, 2.75) is 102 Å². The van der Waals surface area contributed by atoms with Crippen molar-refractivity contribution in [1.29, 1.82) is 0 Å². The number of H-pyrrole nitrogens is 1. The van der Waals surface area contributed by atoms with Gasteiger partial charge in [-0.25, -0.2) is 9.49 Å². The second kappa shape index (κ2) is 25.3. The highest BCUT2D eigenvalue weighted by Gasteiger charge is 2.36. The number of primary amides is 1. The molecule has 2 atom stereocenters. The number of nitrogens with two attached hydrogens (primary N) is 1. The molecule has 4 saturated heterocycles. The molecule has 6 fully saturated rings. The van der Waals surface area contributed by atoms with Gasteiger partial charge in [-0.1, -0.05) is 55.7 Å². The molecule has 398 valence electrons. The number of carbonyl (C=O) groups is 5. The fourth-order valence-electron chi connectivity index (χ4n) is 12.0. The van der Waals surface area contributed by atoms with Gasteiger partial charge in [-0.05, 0) is 125 Å². The molecule has 3 N–H and O–H groups in total. The van der Waals surface area contributed by atoms with E-state index in [9.17, 15) is 33.2 Å². The van der Waals surface area contributed by atoms with Gasteiger partial charge >= 0.3 is 0 Å². The van der Waals surface area contributed by atoms with Gasteiger partial charge in [-0.15, -0.1) is 0 Å². The van der Waals surface area contributed by atoms with Crippen LogP contribution in [-0.4, -0.2) is 160 Å². The van der Waals surface area contributed by atoms with Crippen LogP contribution in [0, 0.1) is 23.6 Å². The predicted octanol–water partition coefficient (Wildman–Crippen LogP) is 6.17. The number of likely N-dealkylation sites (tertiary alicyclic amines) is 2. The van der Waals surface area contributed by atoms with Crippen LogP contribution in [-0.2, 0) is 20.8 Å². The molecule has 3 aromatic carbocycles. The van der Waals surface area contributed by atoms with E-state index in [2.05, 4.69) is 31.8 Å². The first-order chi connectivity index (χ1) is 35.4. The van der Waals surface area contributed by atoms with Crippen molar-refractivity contribution in [1.82, 2.24) is 39.6 Å². The smallest absolute Gasteiger partial charge is 0.272 e. The predicted molar refractivity (Wildman–Crippen MR) is 289 cm³/mol. The maximum atomic E-state index is 15.0. The first-order valence-corrected chi connectivity index (χ1v) is 27.1. The van der Waals surface area contributed by atoms with E-state index in [4.69, 9.17) is 5.73 Å². The van der Waals surface area contributed by atoms with Gasteiger partial charge in [0, 0.05) is 107 Å². The normalized spacial score (nSPS) is 21.4. The average molecular weight is 1030 g/mol. The van der Waals surface area contributed by atoms with Crippen LogP contribution in [0.3, 0.4) is 0 Å². The van der Waals surface area contributed by atoms with E-state index in [0.717, 1.165) is 108 Å². The highest BCUT2D eigenvalue weighted by molar-refractivity contribution is 7.59. The second-order valence-corrected chi connectivity index (χ2v) is 21.7. The maximum Gasteiger partial charge on any atom is 0.272 e. The topological polar surface area (TPSA) is 177 Å². The molecule has 74 heavy (non-hydrogen) atoms. The fourth-order valence-corrected chi connectivity index (χ4v) is 12.0. The van der Waals surface area contributed by atoms with Crippen LogP contribution in [0.15, 0.2) is 71.5 Å². The molecule has 5 amide bonds. The summed E-state index contributed by atoms with van der Waals surface area (Å²) in [6.45, 7) is 11.3. The van der Waals surface area contributed by atoms with E-state index < -0.39 is 11.7 Å². The molecule has 6 aliphatic rings. The number of carbonyl (C=O) groups excluding carboxylic acids is 5. The summed E-state index contributed by atoms with van der Waals surface area (Å²) in [5.41, 5.74) is 8.08. The number of halogens is 1. The zero-order valence-electron chi connectivity index (χ0n) is 43.2. The molecule has 2 saturated carbocycles. The summed E-state index contributed by atoms with van der Waals surface area (Å²) in [5.74, 6) is 1.16. The molecule has 15 nitrogen and oxygen atoms in total. The average Bonchev–Trinajstić information content (AvgIpc) is 4.27. The lowest BCUT2D eigenvalue weighted by molar-refractivity contribution is -0.137. The summed E-state index contributed by atoms with van der Waals surface area (Å²) in [5, 5.41) is 8.01. The van der Waals surface area contributed by atoms with Crippen LogP contribution in [0.5, 0.6) is 0 Å². The Kier molecular flexibility index (Phi) is 18.6. The van der Waals surface area contributed by atoms with Crippen molar-refractivity contribution in [3.8, 4) is 0 Å². The molecular weight excluding hydrogens is 958 g/mol. The number of aromatic nitrogens is 2. The number of nitrogens with zero attached hydrogens (tertiary/aromatic N) is 7. The van der Waals surface area contributed by atoms with E-state index in [0.29, 0.717) is 90.9 Å². The molecule has 1 aromatic heterocycles. The van der Waals surface area contributed by atoms with Gasteiger partial charge in [0.1, 0.15) is 5.82 Å². The molecule has 17 heteroatoms. The summed E-state index contributed by atoms with van der Waals surface area (Å²) < 4.78 is 15.0. The summed E-state index contributed by atoms with van der Waals surface area (Å²) in [6, 6.07) is 19.5. The van der Waals surface area contributed by atoms with Gasteiger partial charge in [0.2, 0.25) is 23.6 Å². The van der Waals surface area contributed by atoms with Crippen LogP contribution in [0.4, 0.5) is 4.39 Å². The number of amides is 5. The Labute approximate surface area is 441 Å². The number of piperazine rings is 2. The Balaban J connectivity index is 0.000000290. The summed E-state index contributed by atoms with van der Waals surface area (Å²) in [4.78, 5) is 87.8. The first kappa shape index (κ1) is 54.6. The molecule has 0 spiro atoms. The van der Waals surface area contributed by atoms with Crippen LogP contribution < -0.4 is 11.3 Å². The number of rotatable bonds is 12. The number of hydrogen-bond donors (Lipinski definition) is 2. The highest BCUT2D eigenvalue weighted by Crippen LogP contribution is 2.35. The van der Waals surface area contributed by atoms with Crippen molar-refractivity contribution in [2.75, 3.05) is 85.1 Å². The lowest BCUT2D eigenvalue weighted by Crippen LogP contribution is -2.55. The largest absolute Gasteiger partial charge is 0.366 e. The minimum atomic E-state index is -0.586. The number of fused-ring (bicyclic) bond motifs is 1. The van der Waals surface area contributed by atoms with Gasteiger partial charge in [0.25, 0.3) is 11.5 Å². The summed E-state index contributed by atoms with van der Waals surface area (Å²) in [7, 11) is 0. The zero-order chi connectivity index (χ0) is 51.0. The molecule has 10 rings (SSSR count). The SMILES string of the molecule is CC1CN(CC2CCN(CC(=O)N3CCN(C(=O)c4cc(Cc5n[nH]c(=O)c6ccccc56)ccc4F)CC3)CC2)CCN1C(=O)CC1CCCCC1.NC(=O)c1cccc(C2CCCN(C(=O)C3CC3)C2)c1.S. The lowest BCUT2D eigenvalue weighted by Gasteiger charge is -2.43. The number of aromatic amines is 1. The second-order valence-electron chi connectivity index (χ2n) is 21.7. The van der Waals surface area contributed by atoms with E-state index in [-0.39, 0.29) is 48.4 Å². The number of nitrogens with one attached hydrogen (secondary N) is 1. The fraction of sp³-hybridized carbons (Fsp3) is 0.561. The Hall–Kier alpha value is -5.65. The van der Waals surface area contributed by atoms with Gasteiger partial charge in [-0.3, -0.25) is 38.6 Å². The molecular formula is C57H76FN9O6S. The summed E-state index contributed by atoms with van der Waals surface area (Å²) in [6.07, 6.45) is 13.7. The Bertz CT molecular complexity index is 2680. The highest BCUT2D eigenvalue weighted by atomic mass is 32.1. The van der Waals surface area contributed by atoms with Gasteiger partial charge in [-0.2, -0.15) is 18.6 Å². The van der Waals surface area contributed by atoms with Crippen molar-refractivity contribution >= 4 is 53.8 Å². The zero-order valence-corrected chi connectivity index (χ0v) is 44.2. The van der Waals surface area contributed by atoms with Crippen LogP contribution in [0.25, 0.3) is 10.8 Å². The first-order valence-electron chi connectivity index (χ1n) is 27.1. The van der Waals surface area contributed by atoms with Crippen molar-refractivity contribution in [3.63, 3.8) is 0 Å². The van der Waals surface area contributed by atoms with Crippen molar-refractivity contribution in [3.05, 3.63) is 111 Å². The Morgan fingerprint density at radius 3 is 2.14 bits per heavy atom. The van der Waals surface area contributed by atoms with E-state index >= 15 is 0 Å². The number of benzene rings is 3. The molecule has 4 aromatic rings. The molecule has 0 radical (unpaired) electrons. The molecule has 2 aliphatic carbocycles. The van der Waals surface area contributed by atoms with Gasteiger partial charge < -0.3 is 25.3 Å². The Morgan fingerprint density at radius 2 is 1.42 bits per heavy atom. The van der Waals surface area contributed by atoms with Crippen molar-refractivity contribution in [2.24, 2.45) is 23.5 Å². The molecule has 0 bridgehead atoms. The van der Waals surface area contributed by atoms with E-state index in [1.54, 1.807) is 35.2 Å². The minimum Gasteiger partial charge on any atom is -0.366 e. The third-order valence-electron chi connectivity index (χ3n) is 16.4. The van der Waals surface area contributed by atoms with Crippen molar-refractivity contribution < 1.29 is 28.4 Å². The third kappa shape index (κ3) is 13.8. The Morgan fingerprint density at radius 1 is 0.689 bits per heavy atom.